The fraction of sp³-hybridized carbons (Fsp3) is 0.640. The number of hydrogen-bond donors (Lipinski definition) is 2. The Kier molecular flexibility index (Phi) is 5.58. The number of carbonyl (C=O) groups excluding carboxylic acids is 2. The number of nitrogens with one attached hydrogen (secondary N) is 1. The molecule has 2 saturated heterocycles. The van der Waals surface area contributed by atoms with E-state index in [1.807, 2.05) is 12.1 Å². The summed E-state index contributed by atoms with van der Waals surface area (Å²) in [6.45, 7) is 2.26. The van der Waals surface area contributed by atoms with E-state index in [-0.39, 0.29) is 35.3 Å². The second-order valence-corrected chi connectivity index (χ2v) is 10.1. The molecule has 1 aromatic carbocycles. The highest BCUT2D eigenvalue weighted by Crippen LogP contribution is 2.44. The van der Waals surface area contributed by atoms with Crippen LogP contribution in [0.25, 0.3) is 0 Å². The van der Waals surface area contributed by atoms with Crippen molar-refractivity contribution in [2.75, 3.05) is 29.9 Å². The average Bonchev–Trinajstić information content (AvgIpc) is 3.61. The highest BCUT2D eigenvalue weighted by Gasteiger charge is 2.50. The molecule has 1 atom stereocenters. The minimum absolute atomic E-state index is 0.0328. The van der Waals surface area contributed by atoms with Crippen molar-refractivity contribution in [2.24, 2.45) is 11.3 Å². The maximum Gasteiger partial charge on any atom is 0.230 e. The number of anilines is 2. The number of benzene rings is 1. The molecule has 4 fully saturated rings. The minimum Gasteiger partial charge on any atom is -0.393 e. The Morgan fingerprint density at radius 1 is 1.12 bits per heavy atom. The first-order chi connectivity index (χ1) is 15.5. The largest absolute Gasteiger partial charge is 0.393 e. The zero-order valence-electron chi connectivity index (χ0n) is 18.6. The van der Waals surface area contributed by atoms with Gasteiger partial charge in [0.1, 0.15) is 6.07 Å². The molecule has 4 aliphatic rings. The van der Waals surface area contributed by atoms with Gasteiger partial charge < -0.3 is 20.2 Å². The second kappa shape index (κ2) is 8.40. The molecule has 2 aliphatic carbocycles. The quantitative estimate of drug-likeness (QED) is 0.756. The summed E-state index contributed by atoms with van der Waals surface area (Å²) in [5, 5.41) is 22.5. The molecule has 2 N–H and O–H groups in total. The predicted molar refractivity (Wildman–Crippen MR) is 121 cm³/mol. The number of likely N-dealkylation sites (tertiary alicyclic amines) is 1. The molecule has 0 unspecified atom stereocenters. The Labute approximate surface area is 189 Å². The van der Waals surface area contributed by atoms with Crippen LogP contribution in [0.4, 0.5) is 11.4 Å². The van der Waals surface area contributed by atoms with Gasteiger partial charge in [-0.2, -0.15) is 5.26 Å². The van der Waals surface area contributed by atoms with E-state index in [4.69, 9.17) is 0 Å². The van der Waals surface area contributed by atoms with Crippen LogP contribution in [0, 0.1) is 22.7 Å². The lowest BCUT2D eigenvalue weighted by atomic mass is 9.78. The van der Waals surface area contributed by atoms with Gasteiger partial charge in [-0.3, -0.25) is 9.59 Å². The van der Waals surface area contributed by atoms with Crippen molar-refractivity contribution in [3.63, 3.8) is 0 Å². The molecule has 2 aliphatic heterocycles. The molecule has 2 heterocycles. The van der Waals surface area contributed by atoms with Crippen LogP contribution in [0.5, 0.6) is 0 Å². The van der Waals surface area contributed by atoms with Crippen molar-refractivity contribution in [2.45, 2.75) is 69.9 Å². The van der Waals surface area contributed by atoms with Gasteiger partial charge in [0.2, 0.25) is 11.8 Å². The summed E-state index contributed by atoms with van der Waals surface area (Å²) in [5.41, 5.74) is 1.68. The van der Waals surface area contributed by atoms with Gasteiger partial charge in [0.25, 0.3) is 0 Å². The topological polar surface area (TPSA) is 96.7 Å². The molecule has 2 saturated carbocycles. The molecule has 0 bridgehead atoms. The lowest BCUT2D eigenvalue weighted by Crippen LogP contribution is -2.50. The third-order valence-electron chi connectivity index (χ3n) is 7.90. The number of nitriles is 1. The van der Waals surface area contributed by atoms with E-state index >= 15 is 0 Å². The molecule has 2 amide bonds. The molecule has 7 nitrogen and oxygen atoms in total. The Morgan fingerprint density at radius 3 is 2.62 bits per heavy atom. The maximum absolute atomic E-state index is 13.6. The van der Waals surface area contributed by atoms with Crippen LogP contribution in [0.15, 0.2) is 18.2 Å². The zero-order valence-corrected chi connectivity index (χ0v) is 18.6. The molecule has 1 spiro atoms. The minimum atomic E-state index is -0.375. The van der Waals surface area contributed by atoms with E-state index in [0.29, 0.717) is 17.8 Å². The third kappa shape index (κ3) is 3.97. The van der Waals surface area contributed by atoms with Gasteiger partial charge in [0.05, 0.1) is 22.8 Å². The molecular weight excluding hydrogens is 404 g/mol. The molecular formula is C25H32N4O3. The standard InChI is InChI=1S/C25H32N4O3/c26-15-18-14-19(27-23(31)17-2-3-17)4-9-22(18)28-12-1-10-25(16-28)11-13-29(24(25)32)20-5-7-21(30)8-6-20/h4,9,14,17,20-21,30H,1-3,5-8,10-13,16H2,(H,27,31)/t20?,21?,25-/m1/s1. The summed E-state index contributed by atoms with van der Waals surface area (Å²) in [5.74, 6) is 0.409. The van der Waals surface area contributed by atoms with Crippen molar-refractivity contribution >= 4 is 23.2 Å². The number of aliphatic hydroxyl groups is 1. The first kappa shape index (κ1) is 21.3. The SMILES string of the molecule is N#Cc1cc(NC(=O)C2CC2)ccc1N1CCC[C@@]2(CCN(C3CCC(O)CC3)C2=O)C1. The first-order valence-electron chi connectivity index (χ1n) is 12.1. The highest BCUT2D eigenvalue weighted by atomic mass is 16.3. The van der Waals surface area contributed by atoms with Crippen LogP contribution >= 0.6 is 0 Å². The van der Waals surface area contributed by atoms with Crippen molar-refractivity contribution in [1.29, 1.82) is 5.26 Å². The van der Waals surface area contributed by atoms with Crippen molar-refractivity contribution in [3.05, 3.63) is 23.8 Å². The molecule has 7 heteroatoms. The van der Waals surface area contributed by atoms with Crippen molar-refractivity contribution in [1.82, 2.24) is 4.90 Å². The van der Waals surface area contributed by atoms with E-state index in [1.54, 1.807) is 6.07 Å². The number of nitrogens with zero attached hydrogens (tertiary/aromatic N) is 3. The number of piperidine rings is 1. The highest BCUT2D eigenvalue weighted by molar-refractivity contribution is 5.94. The van der Waals surface area contributed by atoms with E-state index in [9.17, 15) is 20.0 Å². The molecule has 0 radical (unpaired) electrons. The molecule has 0 aromatic heterocycles. The number of carbonyl (C=O) groups is 2. The van der Waals surface area contributed by atoms with Gasteiger partial charge in [-0.05, 0) is 76.0 Å². The molecule has 5 rings (SSSR count). The van der Waals surface area contributed by atoms with E-state index in [0.717, 1.165) is 76.6 Å². The van der Waals surface area contributed by atoms with Gasteiger partial charge in [-0.15, -0.1) is 0 Å². The monoisotopic (exact) mass is 436 g/mol. The first-order valence-corrected chi connectivity index (χ1v) is 12.1. The summed E-state index contributed by atoms with van der Waals surface area (Å²) >= 11 is 0. The van der Waals surface area contributed by atoms with E-state index in [1.165, 1.54) is 0 Å². The second-order valence-electron chi connectivity index (χ2n) is 10.1. The van der Waals surface area contributed by atoms with Gasteiger partial charge in [-0.1, -0.05) is 0 Å². The van der Waals surface area contributed by atoms with Crippen LogP contribution in [-0.2, 0) is 9.59 Å². The molecule has 170 valence electrons. The number of aliphatic hydroxyl groups excluding tert-OH is 1. The van der Waals surface area contributed by atoms with Crippen LogP contribution < -0.4 is 10.2 Å². The lowest BCUT2D eigenvalue weighted by Gasteiger charge is -2.41. The van der Waals surface area contributed by atoms with Crippen molar-refractivity contribution < 1.29 is 14.7 Å². The summed E-state index contributed by atoms with van der Waals surface area (Å²) in [4.78, 5) is 29.9. The van der Waals surface area contributed by atoms with Gasteiger partial charge >= 0.3 is 0 Å². The Balaban J connectivity index is 1.31. The normalized spacial score (nSPS) is 30.4. The fourth-order valence-electron chi connectivity index (χ4n) is 5.85. The third-order valence-corrected chi connectivity index (χ3v) is 7.90. The summed E-state index contributed by atoms with van der Waals surface area (Å²) in [6.07, 6.45) is 7.68. The summed E-state index contributed by atoms with van der Waals surface area (Å²) in [6, 6.07) is 8.09. The van der Waals surface area contributed by atoms with Gasteiger partial charge in [0, 0.05) is 37.3 Å². The zero-order chi connectivity index (χ0) is 22.3. The molecule has 32 heavy (non-hydrogen) atoms. The summed E-state index contributed by atoms with van der Waals surface area (Å²) < 4.78 is 0. The Bertz CT molecular complexity index is 945. The fourth-order valence-corrected chi connectivity index (χ4v) is 5.85. The lowest BCUT2D eigenvalue weighted by molar-refractivity contribution is -0.139. The average molecular weight is 437 g/mol. The summed E-state index contributed by atoms with van der Waals surface area (Å²) in [7, 11) is 0. The van der Waals surface area contributed by atoms with Crippen molar-refractivity contribution in [3.8, 4) is 6.07 Å². The number of amides is 2. The Hall–Kier alpha value is -2.59. The molecule has 1 aromatic rings. The van der Waals surface area contributed by atoms with Crippen LogP contribution in [0.3, 0.4) is 0 Å². The van der Waals surface area contributed by atoms with E-state index < -0.39 is 0 Å². The van der Waals surface area contributed by atoms with E-state index in [2.05, 4.69) is 21.2 Å². The predicted octanol–water partition coefficient (Wildman–Crippen LogP) is 3.03. The van der Waals surface area contributed by atoms with Crippen LogP contribution in [-0.4, -0.2) is 53.6 Å². The maximum atomic E-state index is 13.6. The smallest absolute Gasteiger partial charge is 0.230 e. The number of rotatable bonds is 4. The number of hydrogen-bond acceptors (Lipinski definition) is 5. The van der Waals surface area contributed by atoms with Crippen LogP contribution in [0.2, 0.25) is 0 Å². The van der Waals surface area contributed by atoms with Crippen LogP contribution in [0.1, 0.15) is 63.4 Å². The Morgan fingerprint density at radius 2 is 1.91 bits per heavy atom. The van der Waals surface area contributed by atoms with Gasteiger partial charge in [0.15, 0.2) is 0 Å². The van der Waals surface area contributed by atoms with Gasteiger partial charge in [-0.25, -0.2) is 0 Å².